The second kappa shape index (κ2) is 12.7. The first-order valence-electron chi connectivity index (χ1n) is 10.8. The van der Waals surface area contributed by atoms with Crippen molar-refractivity contribution < 1.29 is 0 Å². The highest BCUT2D eigenvalue weighted by Gasteiger charge is 2.07. The second-order valence-electron chi connectivity index (χ2n) is 7.15. The molecule has 1 atom stereocenters. The summed E-state index contributed by atoms with van der Waals surface area (Å²) in [6, 6.07) is 8.78. The largest absolute Gasteiger partial charge is 0.357 e. The van der Waals surface area contributed by atoms with E-state index in [4.69, 9.17) is 9.98 Å². The Balaban J connectivity index is 1.74. The summed E-state index contributed by atoms with van der Waals surface area (Å²) in [6.07, 6.45) is 4.38. The van der Waals surface area contributed by atoms with Crippen LogP contribution in [0, 0.1) is 0 Å². The monoisotopic (exact) mass is 403 g/mol. The summed E-state index contributed by atoms with van der Waals surface area (Å²) in [7, 11) is 0. The molecule has 0 aliphatic carbocycles. The van der Waals surface area contributed by atoms with Crippen LogP contribution in [0.4, 0.5) is 0 Å². The molecule has 0 radical (unpaired) electrons. The zero-order valence-corrected chi connectivity index (χ0v) is 18.8. The number of hydrogen-bond acceptors (Lipinski definition) is 4. The Labute approximate surface area is 174 Å². The number of aromatic nitrogens is 1. The van der Waals surface area contributed by atoms with Crippen molar-refractivity contribution in [1.82, 2.24) is 20.5 Å². The van der Waals surface area contributed by atoms with Crippen LogP contribution in [0.15, 0.2) is 29.3 Å². The van der Waals surface area contributed by atoms with Crippen molar-refractivity contribution in [1.29, 1.82) is 0 Å². The molecule has 0 saturated carbocycles. The molecule has 2 rings (SSSR count). The van der Waals surface area contributed by atoms with Gasteiger partial charge in [0.25, 0.3) is 0 Å². The van der Waals surface area contributed by atoms with E-state index in [1.807, 2.05) is 6.07 Å². The van der Waals surface area contributed by atoms with Crippen molar-refractivity contribution >= 4 is 27.5 Å². The fraction of sp³-hybridized carbons (Fsp3) is 0.636. The molecule has 0 aliphatic heterocycles. The summed E-state index contributed by atoms with van der Waals surface area (Å²) in [5.74, 6) is 0.933. The minimum atomic E-state index is 0.428. The molecular weight excluding hydrogens is 366 g/mol. The van der Waals surface area contributed by atoms with Gasteiger partial charge in [-0.3, -0.25) is 4.99 Å². The number of guanidine groups is 1. The normalized spacial score (nSPS) is 13.2. The number of rotatable bonds is 12. The predicted octanol–water partition coefficient (Wildman–Crippen LogP) is 4.29. The number of thiazole rings is 1. The molecule has 1 aromatic carbocycles. The van der Waals surface area contributed by atoms with E-state index in [0.717, 1.165) is 56.9 Å². The van der Waals surface area contributed by atoms with E-state index in [1.165, 1.54) is 22.7 Å². The van der Waals surface area contributed by atoms with Crippen LogP contribution in [0.2, 0.25) is 0 Å². The number of nitrogens with zero attached hydrogens (tertiary/aromatic N) is 3. The van der Waals surface area contributed by atoms with Crippen LogP contribution in [-0.4, -0.2) is 54.6 Å². The van der Waals surface area contributed by atoms with Crippen LogP contribution in [0.1, 0.15) is 52.0 Å². The number of aryl methyl sites for hydroxylation is 1. The third-order valence-corrected chi connectivity index (χ3v) is 5.99. The maximum atomic E-state index is 4.76. The van der Waals surface area contributed by atoms with Gasteiger partial charge < -0.3 is 15.5 Å². The summed E-state index contributed by atoms with van der Waals surface area (Å²) in [4.78, 5) is 11.9. The summed E-state index contributed by atoms with van der Waals surface area (Å²) < 4.78 is 1.27. The summed E-state index contributed by atoms with van der Waals surface area (Å²) in [5, 5.41) is 8.13. The lowest BCUT2D eigenvalue weighted by Crippen LogP contribution is -2.42. The Kier molecular flexibility index (Phi) is 10.3. The second-order valence-corrected chi connectivity index (χ2v) is 8.27. The number of aliphatic imine (C=N–C) groups is 1. The highest BCUT2D eigenvalue weighted by atomic mass is 32.1. The van der Waals surface area contributed by atoms with Gasteiger partial charge in [0.2, 0.25) is 0 Å². The highest BCUT2D eigenvalue weighted by Crippen LogP contribution is 2.22. The van der Waals surface area contributed by atoms with Gasteiger partial charge in [0.05, 0.1) is 15.2 Å². The van der Waals surface area contributed by atoms with Crippen LogP contribution in [0.5, 0.6) is 0 Å². The van der Waals surface area contributed by atoms with Crippen LogP contribution in [0.25, 0.3) is 10.2 Å². The molecule has 2 aromatic rings. The maximum absolute atomic E-state index is 4.76. The first-order chi connectivity index (χ1) is 13.7. The molecule has 0 bridgehead atoms. The van der Waals surface area contributed by atoms with E-state index in [-0.39, 0.29) is 0 Å². The zero-order valence-electron chi connectivity index (χ0n) is 18.0. The van der Waals surface area contributed by atoms with Gasteiger partial charge >= 0.3 is 0 Å². The third kappa shape index (κ3) is 7.76. The molecule has 156 valence electrons. The highest BCUT2D eigenvalue weighted by molar-refractivity contribution is 7.18. The lowest BCUT2D eigenvalue weighted by molar-refractivity contribution is 0.292. The van der Waals surface area contributed by atoms with Crippen LogP contribution >= 0.6 is 11.3 Å². The van der Waals surface area contributed by atoms with Crippen molar-refractivity contribution in [3.63, 3.8) is 0 Å². The molecular formula is C22H37N5S. The van der Waals surface area contributed by atoms with E-state index >= 15 is 0 Å². The molecule has 0 saturated heterocycles. The summed E-state index contributed by atoms with van der Waals surface area (Å²) in [5.41, 5.74) is 1.11. The van der Waals surface area contributed by atoms with Gasteiger partial charge in [-0.25, -0.2) is 4.98 Å². The van der Waals surface area contributed by atoms with E-state index in [1.54, 1.807) is 11.3 Å². The van der Waals surface area contributed by atoms with Crippen molar-refractivity contribution in [2.45, 2.75) is 59.4 Å². The fourth-order valence-corrected chi connectivity index (χ4v) is 4.24. The first-order valence-corrected chi connectivity index (χ1v) is 11.6. The van der Waals surface area contributed by atoms with E-state index in [2.05, 4.69) is 61.4 Å². The van der Waals surface area contributed by atoms with E-state index in [9.17, 15) is 0 Å². The Morgan fingerprint density at radius 2 is 1.96 bits per heavy atom. The van der Waals surface area contributed by atoms with Gasteiger partial charge in [-0.05, 0) is 64.9 Å². The van der Waals surface area contributed by atoms with Gasteiger partial charge in [0.15, 0.2) is 5.96 Å². The van der Waals surface area contributed by atoms with Gasteiger partial charge in [-0.2, -0.15) is 0 Å². The smallest absolute Gasteiger partial charge is 0.191 e. The number of benzene rings is 1. The van der Waals surface area contributed by atoms with E-state index < -0.39 is 0 Å². The SMILES string of the molecule is CCNC(=NCCCc1nc2ccccc2s1)NC(C)CCCN(CC)CC. The van der Waals surface area contributed by atoms with Crippen molar-refractivity contribution in [3.05, 3.63) is 29.3 Å². The van der Waals surface area contributed by atoms with Crippen LogP contribution in [-0.2, 0) is 6.42 Å². The molecule has 1 aromatic heterocycles. The van der Waals surface area contributed by atoms with Gasteiger partial charge in [-0.1, -0.05) is 26.0 Å². The number of para-hydroxylation sites is 1. The molecule has 6 heteroatoms. The maximum Gasteiger partial charge on any atom is 0.191 e. The molecule has 1 unspecified atom stereocenters. The first kappa shape index (κ1) is 22.6. The number of fused-ring (bicyclic) bond motifs is 1. The Bertz CT molecular complexity index is 675. The minimum absolute atomic E-state index is 0.428. The standard InChI is InChI=1S/C22H37N5S/c1-5-23-22(25-18(4)12-11-17-27(6-2)7-3)24-16-10-15-21-26-19-13-8-9-14-20(19)28-21/h8-9,13-14,18H,5-7,10-12,15-17H2,1-4H3,(H2,23,24,25). The topological polar surface area (TPSA) is 52.6 Å². The summed E-state index contributed by atoms with van der Waals surface area (Å²) in [6.45, 7) is 14.0. The number of hydrogen-bond donors (Lipinski definition) is 2. The molecule has 0 fully saturated rings. The Hall–Kier alpha value is -1.66. The van der Waals surface area contributed by atoms with E-state index in [0.29, 0.717) is 6.04 Å². The van der Waals surface area contributed by atoms with Gasteiger partial charge in [0.1, 0.15) is 0 Å². The predicted molar refractivity (Wildman–Crippen MR) is 124 cm³/mol. The summed E-state index contributed by atoms with van der Waals surface area (Å²) >= 11 is 1.80. The van der Waals surface area contributed by atoms with Crippen molar-refractivity contribution in [2.75, 3.05) is 32.7 Å². The molecule has 0 spiro atoms. The molecule has 0 amide bonds. The minimum Gasteiger partial charge on any atom is -0.357 e. The Morgan fingerprint density at radius 3 is 2.68 bits per heavy atom. The van der Waals surface area contributed by atoms with Crippen LogP contribution in [0.3, 0.4) is 0 Å². The third-order valence-electron chi connectivity index (χ3n) is 4.89. The van der Waals surface area contributed by atoms with Crippen LogP contribution < -0.4 is 10.6 Å². The molecule has 5 nitrogen and oxygen atoms in total. The Morgan fingerprint density at radius 1 is 1.18 bits per heavy atom. The molecule has 2 N–H and O–H groups in total. The zero-order chi connectivity index (χ0) is 20.2. The average Bonchev–Trinajstić information content (AvgIpc) is 3.11. The molecule has 0 aliphatic rings. The van der Waals surface area contributed by atoms with Gasteiger partial charge in [0, 0.05) is 25.6 Å². The van der Waals surface area contributed by atoms with Gasteiger partial charge in [-0.15, -0.1) is 11.3 Å². The lowest BCUT2D eigenvalue weighted by atomic mass is 10.2. The lowest BCUT2D eigenvalue weighted by Gasteiger charge is -2.21. The quantitative estimate of drug-likeness (QED) is 0.315. The molecule has 1 heterocycles. The van der Waals surface area contributed by atoms with Crippen molar-refractivity contribution in [2.24, 2.45) is 4.99 Å². The number of nitrogens with one attached hydrogen (secondary N) is 2. The average molecular weight is 404 g/mol. The van der Waals surface area contributed by atoms with Crippen molar-refractivity contribution in [3.8, 4) is 0 Å². The fourth-order valence-electron chi connectivity index (χ4n) is 3.23. The molecule has 28 heavy (non-hydrogen) atoms.